The van der Waals surface area contributed by atoms with Crippen LogP contribution >= 0.6 is 0 Å². The Hall–Kier alpha value is -2.89. The van der Waals surface area contributed by atoms with E-state index in [0.29, 0.717) is 17.1 Å². The Labute approximate surface area is 140 Å². The molecule has 2 aromatic rings. The number of pyridine rings is 1. The van der Waals surface area contributed by atoms with Gasteiger partial charge in [0.25, 0.3) is 5.91 Å². The Bertz CT molecular complexity index is 695. The molecule has 1 aliphatic rings. The van der Waals surface area contributed by atoms with Gasteiger partial charge in [0.05, 0.1) is 0 Å². The minimum atomic E-state index is -0.319. The molecule has 1 aliphatic heterocycles. The zero-order valence-electron chi connectivity index (χ0n) is 13.3. The number of nitrogens with one attached hydrogen (secondary N) is 1. The highest BCUT2D eigenvalue weighted by Gasteiger charge is 2.18. The SMILES string of the molecule is O=C(Nc1ccc(OC(=O)N2CCCCC2)cc1)c1ccccn1. The minimum absolute atomic E-state index is 0.284. The van der Waals surface area contributed by atoms with Gasteiger partial charge in [-0.15, -0.1) is 0 Å². The van der Waals surface area contributed by atoms with Crippen molar-refractivity contribution in [2.45, 2.75) is 19.3 Å². The quantitative estimate of drug-likeness (QED) is 0.939. The van der Waals surface area contributed by atoms with E-state index in [2.05, 4.69) is 10.3 Å². The lowest BCUT2D eigenvalue weighted by atomic mass is 10.1. The zero-order valence-corrected chi connectivity index (χ0v) is 13.3. The predicted molar refractivity (Wildman–Crippen MR) is 90.1 cm³/mol. The van der Waals surface area contributed by atoms with Gasteiger partial charge in [0.15, 0.2) is 0 Å². The van der Waals surface area contributed by atoms with E-state index in [1.54, 1.807) is 53.6 Å². The average molecular weight is 325 g/mol. The minimum Gasteiger partial charge on any atom is -0.410 e. The second-order valence-electron chi connectivity index (χ2n) is 5.61. The summed E-state index contributed by atoms with van der Waals surface area (Å²) in [7, 11) is 0. The van der Waals surface area contributed by atoms with Crippen molar-refractivity contribution in [2.24, 2.45) is 0 Å². The number of hydrogen-bond donors (Lipinski definition) is 1. The second kappa shape index (κ2) is 7.59. The number of anilines is 1. The molecular weight excluding hydrogens is 306 g/mol. The molecule has 1 aromatic carbocycles. The third-order valence-electron chi connectivity index (χ3n) is 3.83. The van der Waals surface area contributed by atoms with Gasteiger partial charge in [0, 0.05) is 25.0 Å². The summed E-state index contributed by atoms with van der Waals surface area (Å²) in [4.78, 5) is 29.8. The van der Waals surface area contributed by atoms with Crippen molar-refractivity contribution in [3.05, 3.63) is 54.4 Å². The Morgan fingerprint density at radius 1 is 1.00 bits per heavy atom. The van der Waals surface area contributed by atoms with Crippen LogP contribution < -0.4 is 10.1 Å². The smallest absolute Gasteiger partial charge is 0.410 e. The highest BCUT2D eigenvalue weighted by Crippen LogP contribution is 2.18. The first-order valence-corrected chi connectivity index (χ1v) is 8.01. The third-order valence-corrected chi connectivity index (χ3v) is 3.83. The number of ether oxygens (including phenoxy) is 1. The first-order chi connectivity index (χ1) is 11.7. The number of carbonyl (C=O) groups excluding carboxylic acids is 2. The molecule has 1 N–H and O–H groups in total. The fraction of sp³-hybridized carbons (Fsp3) is 0.278. The molecule has 0 saturated carbocycles. The number of hydrogen-bond acceptors (Lipinski definition) is 4. The van der Waals surface area contributed by atoms with Crippen molar-refractivity contribution in [3.8, 4) is 5.75 Å². The summed E-state index contributed by atoms with van der Waals surface area (Å²) in [6, 6.07) is 11.9. The van der Waals surface area contributed by atoms with Crippen molar-refractivity contribution in [3.63, 3.8) is 0 Å². The molecule has 124 valence electrons. The predicted octanol–water partition coefficient (Wildman–Crippen LogP) is 3.32. The number of benzene rings is 1. The summed E-state index contributed by atoms with van der Waals surface area (Å²) in [6.45, 7) is 1.49. The van der Waals surface area contributed by atoms with Crippen molar-refractivity contribution in [1.82, 2.24) is 9.88 Å². The van der Waals surface area contributed by atoms with Crippen LogP contribution in [0.15, 0.2) is 48.7 Å². The van der Waals surface area contributed by atoms with Crippen LogP contribution in [-0.2, 0) is 0 Å². The summed E-state index contributed by atoms with van der Waals surface area (Å²) in [5, 5.41) is 2.75. The van der Waals surface area contributed by atoms with Crippen LogP contribution in [0.5, 0.6) is 5.75 Å². The van der Waals surface area contributed by atoms with Crippen LogP contribution in [0.2, 0.25) is 0 Å². The van der Waals surface area contributed by atoms with E-state index < -0.39 is 0 Å². The molecule has 0 radical (unpaired) electrons. The van der Waals surface area contributed by atoms with Crippen molar-refractivity contribution in [2.75, 3.05) is 18.4 Å². The number of carbonyl (C=O) groups is 2. The standard InChI is InChI=1S/C18H19N3O3/c22-17(16-6-2-3-11-19-16)20-14-7-9-15(10-8-14)24-18(23)21-12-4-1-5-13-21/h2-3,6-11H,1,4-5,12-13H2,(H,20,22). The van der Waals surface area contributed by atoms with Crippen LogP contribution in [-0.4, -0.2) is 35.0 Å². The van der Waals surface area contributed by atoms with Gasteiger partial charge in [-0.3, -0.25) is 9.78 Å². The summed E-state index contributed by atoms with van der Waals surface area (Å²) in [5.41, 5.74) is 0.960. The lowest BCUT2D eigenvalue weighted by Crippen LogP contribution is -2.37. The molecule has 2 heterocycles. The van der Waals surface area contributed by atoms with E-state index in [1.165, 1.54) is 0 Å². The second-order valence-corrected chi connectivity index (χ2v) is 5.61. The molecule has 6 nitrogen and oxygen atoms in total. The molecule has 0 bridgehead atoms. The van der Waals surface area contributed by atoms with Crippen molar-refractivity contribution < 1.29 is 14.3 Å². The van der Waals surface area contributed by atoms with E-state index in [-0.39, 0.29) is 12.0 Å². The van der Waals surface area contributed by atoms with Gasteiger partial charge in [-0.2, -0.15) is 0 Å². The summed E-state index contributed by atoms with van der Waals surface area (Å²) < 4.78 is 5.36. The van der Waals surface area contributed by atoms with E-state index in [0.717, 1.165) is 32.4 Å². The maximum atomic E-state index is 12.0. The molecule has 6 heteroatoms. The topological polar surface area (TPSA) is 71.5 Å². The first-order valence-electron chi connectivity index (χ1n) is 8.01. The van der Waals surface area contributed by atoms with Crippen LogP contribution in [0.1, 0.15) is 29.8 Å². The molecule has 24 heavy (non-hydrogen) atoms. The Morgan fingerprint density at radius 3 is 2.42 bits per heavy atom. The van der Waals surface area contributed by atoms with Crippen LogP contribution in [0.4, 0.5) is 10.5 Å². The van der Waals surface area contributed by atoms with Gasteiger partial charge >= 0.3 is 6.09 Å². The number of rotatable bonds is 3. The molecule has 1 aromatic heterocycles. The van der Waals surface area contributed by atoms with Gasteiger partial charge in [-0.1, -0.05) is 6.07 Å². The third kappa shape index (κ3) is 4.10. The van der Waals surface area contributed by atoms with Crippen molar-refractivity contribution in [1.29, 1.82) is 0 Å². The lowest BCUT2D eigenvalue weighted by molar-refractivity contribution is 0.102. The van der Waals surface area contributed by atoms with E-state index in [1.807, 2.05) is 0 Å². The molecule has 3 rings (SSSR count). The molecule has 1 saturated heterocycles. The van der Waals surface area contributed by atoms with E-state index in [9.17, 15) is 9.59 Å². The maximum absolute atomic E-state index is 12.0. The Kier molecular flexibility index (Phi) is 5.05. The number of amides is 2. The van der Waals surface area contributed by atoms with Crippen LogP contribution in [0.3, 0.4) is 0 Å². The number of piperidine rings is 1. The van der Waals surface area contributed by atoms with Gasteiger partial charge in [0.1, 0.15) is 11.4 Å². The maximum Gasteiger partial charge on any atom is 0.415 e. The van der Waals surface area contributed by atoms with Crippen molar-refractivity contribution >= 4 is 17.7 Å². The van der Waals surface area contributed by atoms with Crippen LogP contribution in [0.25, 0.3) is 0 Å². The van der Waals surface area contributed by atoms with Gasteiger partial charge < -0.3 is 15.0 Å². The van der Waals surface area contributed by atoms with E-state index in [4.69, 9.17) is 4.74 Å². The Morgan fingerprint density at radius 2 is 1.75 bits per heavy atom. The average Bonchev–Trinajstić information content (AvgIpc) is 2.65. The zero-order chi connectivity index (χ0) is 16.8. The highest BCUT2D eigenvalue weighted by atomic mass is 16.6. The molecule has 1 fully saturated rings. The summed E-state index contributed by atoms with van der Waals surface area (Å²) >= 11 is 0. The number of likely N-dealkylation sites (tertiary alicyclic amines) is 1. The highest BCUT2D eigenvalue weighted by molar-refractivity contribution is 6.02. The van der Waals surface area contributed by atoms with E-state index >= 15 is 0 Å². The first kappa shape index (κ1) is 16.0. The lowest BCUT2D eigenvalue weighted by Gasteiger charge is -2.25. The molecule has 0 spiro atoms. The normalized spacial score (nSPS) is 14.1. The largest absolute Gasteiger partial charge is 0.415 e. The fourth-order valence-corrected chi connectivity index (χ4v) is 2.54. The number of aromatic nitrogens is 1. The van der Waals surface area contributed by atoms with Gasteiger partial charge in [-0.05, 0) is 55.7 Å². The van der Waals surface area contributed by atoms with Crippen LogP contribution in [0, 0.1) is 0 Å². The summed E-state index contributed by atoms with van der Waals surface area (Å²) in [5.74, 6) is 0.176. The number of nitrogens with zero attached hydrogens (tertiary/aromatic N) is 2. The Balaban J connectivity index is 1.57. The summed E-state index contributed by atoms with van der Waals surface area (Å²) in [6.07, 6.45) is 4.45. The molecule has 2 amide bonds. The molecular formula is C18H19N3O3. The fourth-order valence-electron chi connectivity index (χ4n) is 2.54. The van der Waals surface area contributed by atoms with Gasteiger partial charge in [0.2, 0.25) is 0 Å². The monoisotopic (exact) mass is 325 g/mol. The molecule has 0 aliphatic carbocycles. The molecule has 0 unspecified atom stereocenters. The van der Waals surface area contributed by atoms with Gasteiger partial charge in [-0.25, -0.2) is 4.79 Å². The molecule has 0 atom stereocenters.